The lowest BCUT2D eigenvalue weighted by Gasteiger charge is -2.18. The van der Waals surface area contributed by atoms with Crippen LogP contribution < -0.4 is 16.7 Å². The maximum Gasteiger partial charge on any atom is 0.227 e. The first-order valence-electron chi connectivity index (χ1n) is 4.84. The number of halogens is 1. The minimum Gasteiger partial charge on any atom is -0.293 e. The van der Waals surface area contributed by atoms with E-state index in [0.29, 0.717) is 11.0 Å². The van der Waals surface area contributed by atoms with Gasteiger partial charge < -0.3 is 0 Å². The van der Waals surface area contributed by atoms with E-state index < -0.39 is 0 Å². The molecule has 1 aromatic carbocycles. The van der Waals surface area contributed by atoms with Crippen LogP contribution in [0.3, 0.4) is 0 Å². The summed E-state index contributed by atoms with van der Waals surface area (Å²) in [5.74, 6) is 5.70. The molecule has 0 aliphatic carbocycles. The number of hydrogen-bond donors (Lipinski definition) is 3. The highest BCUT2D eigenvalue weighted by molar-refractivity contribution is 6.31. The van der Waals surface area contributed by atoms with Gasteiger partial charge in [-0.15, -0.1) is 0 Å². The number of benzene rings is 1. The first-order chi connectivity index (χ1) is 7.70. The summed E-state index contributed by atoms with van der Waals surface area (Å²) >= 11 is 5.92. The third-order valence-corrected chi connectivity index (χ3v) is 2.49. The summed E-state index contributed by atoms with van der Waals surface area (Å²) in [6.07, 6.45) is 0. The topological polar surface area (TPSA) is 74.8 Å². The largest absolute Gasteiger partial charge is 0.293 e. The van der Waals surface area contributed by atoms with Crippen molar-refractivity contribution in [1.29, 1.82) is 0 Å². The average molecular weight is 238 g/mol. The lowest BCUT2D eigenvalue weighted by molar-refractivity contribution is 0.809. The van der Waals surface area contributed by atoms with E-state index in [1.807, 2.05) is 31.2 Å². The Bertz CT molecular complexity index is 454. The molecule has 0 radical (unpaired) electrons. The molecule has 16 heavy (non-hydrogen) atoms. The third kappa shape index (κ3) is 2.15. The van der Waals surface area contributed by atoms with E-state index in [9.17, 15) is 0 Å². The zero-order valence-corrected chi connectivity index (χ0v) is 9.49. The second-order valence-corrected chi connectivity index (χ2v) is 3.85. The number of rotatable bonds is 1. The molecule has 0 amide bonds. The molecule has 0 aromatic heterocycles. The summed E-state index contributed by atoms with van der Waals surface area (Å²) < 4.78 is 0. The second-order valence-electron chi connectivity index (χ2n) is 3.42. The Hall–Kier alpha value is -1.59. The standard InChI is InChI=1S/C10H12ClN5/c1-6-9(15-16-10(13-6)14-12)7-3-2-4-8(11)5-7/h2-6H,12H2,1H3,(H2,13,14,16). The molecule has 0 spiro atoms. The van der Waals surface area contributed by atoms with Gasteiger partial charge in [0.1, 0.15) is 0 Å². The van der Waals surface area contributed by atoms with Crippen molar-refractivity contribution in [3.05, 3.63) is 34.9 Å². The number of nitrogens with one attached hydrogen (secondary N) is 2. The minimum absolute atomic E-state index is 0.0641. The summed E-state index contributed by atoms with van der Waals surface area (Å²) in [5, 5.41) is 4.89. The van der Waals surface area contributed by atoms with Crippen molar-refractivity contribution >= 4 is 23.3 Å². The number of nitrogens with two attached hydrogens (primary N) is 1. The van der Waals surface area contributed by atoms with Crippen molar-refractivity contribution in [2.45, 2.75) is 13.0 Å². The van der Waals surface area contributed by atoms with Gasteiger partial charge in [-0.25, -0.2) is 16.3 Å². The fourth-order valence-corrected chi connectivity index (χ4v) is 1.70. The molecule has 1 aliphatic rings. The molecule has 4 N–H and O–H groups in total. The quantitative estimate of drug-likeness (QED) is 0.501. The first kappa shape index (κ1) is 10.9. The second kappa shape index (κ2) is 4.51. The Morgan fingerprint density at radius 3 is 2.94 bits per heavy atom. The predicted octanol–water partition coefficient (Wildman–Crippen LogP) is 0.855. The van der Waals surface area contributed by atoms with Gasteiger partial charge in [0, 0.05) is 10.6 Å². The van der Waals surface area contributed by atoms with Gasteiger partial charge in [-0.1, -0.05) is 23.7 Å². The van der Waals surface area contributed by atoms with Crippen LogP contribution in [0, 0.1) is 0 Å². The summed E-state index contributed by atoms with van der Waals surface area (Å²) in [6.45, 7) is 1.94. The Labute approximate surface area is 98.4 Å². The Balaban J connectivity index is 2.27. The van der Waals surface area contributed by atoms with E-state index in [0.717, 1.165) is 11.3 Å². The normalized spacial score (nSPS) is 19.6. The van der Waals surface area contributed by atoms with Crippen LogP contribution in [0.4, 0.5) is 0 Å². The summed E-state index contributed by atoms with van der Waals surface area (Å²) in [5.41, 5.74) is 6.94. The third-order valence-electron chi connectivity index (χ3n) is 2.26. The minimum atomic E-state index is -0.0641. The van der Waals surface area contributed by atoms with Crippen LogP contribution in [0.5, 0.6) is 0 Å². The van der Waals surface area contributed by atoms with Crippen molar-refractivity contribution in [2.75, 3.05) is 0 Å². The molecule has 6 heteroatoms. The number of hydrazone groups is 1. The molecule has 0 saturated heterocycles. The van der Waals surface area contributed by atoms with Gasteiger partial charge in [0.15, 0.2) is 0 Å². The zero-order valence-electron chi connectivity index (χ0n) is 8.74. The van der Waals surface area contributed by atoms with Gasteiger partial charge >= 0.3 is 0 Å². The predicted molar refractivity (Wildman–Crippen MR) is 65.3 cm³/mol. The molecule has 0 bridgehead atoms. The van der Waals surface area contributed by atoms with E-state index >= 15 is 0 Å². The molecule has 2 rings (SSSR count). The van der Waals surface area contributed by atoms with Gasteiger partial charge in [0.2, 0.25) is 5.96 Å². The Kier molecular flexibility index (Phi) is 3.07. The van der Waals surface area contributed by atoms with Crippen LogP contribution in [0.15, 0.2) is 34.4 Å². The molecule has 84 valence electrons. The van der Waals surface area contributed by atoms with Gasteiger partial charge in [0.05, 0.1) is 11.8 Å². The van der Waals surface area contributed by atoms with Crippen LogP contribution in [0.1, 0.15) is 12.5 Å². The van der Waals surface area contributed by atoms with Crippen molar-refractivity contribution in [3.8, 4) is 0 Å². The van der Waals surface area contributed by atoms with E-state index in [2.05, 4.69) is 20.9 Å². The molecule has 0 fully saturated rings. The van der Waals surface area contributed by atoms with Gasteiger partial charge in [-0.2, -0.15) is 5.10 Å². The fraction of sp³-hybridized carbons (Fsp3) is 0.200. The summed E-state index contributed by atoms with van der Waals surface area (Å²) in [6, 6.07) is 7.44. The van der Waals surface area contributed by atoms with Crippen LogP contribution in [0.2, 0.25) is 5.02 Å². The molecule has 1 aromatic rings. The monoisotopic (exact) mass is 237 g/mol. The molecule has 1 atom stereocenters. The van der Waals surface area contributed by atoms with E-state index in [1.54, 1.807) is 0 Å². The number of hydrazine groups is 1. The SMILES string of the molecule is CC1N=C(NN)NN=C1c1cccc(Cl)c1. The van der Waals surface area contributed by atoms with Crippen LogP contribution in [-0.4, -0.2) is 17.7 Å². The van der Waals surface area contributed by atoms with Gasteiger partial charge in [-0.3, -0.25) is 5.43 Å². The number of guanidine groups is 1. The fourth-order valence-electron chi connectivity index (χ4n) is 1.51. The number of nitrogens with zero attached hydrogens (tertiary/aromatic N) is 2. The van der Waals surface area contributed by atoms with Crippen molar-refractivity contribution in [2.24, 2.45) is 15.9 Å². The maximum absolute atomic E-state index is 5.92. The van der Waals surface area contributed by atoms with Gasteiger partial charge in [-0.05, 0) is 19.1 Å². The van der Waals surface area contributed by atoms with E-state index in [1.165, 1.54) is 0 Å². The average Bonchev–Trinajstić information content (AvgIpc) is 2.28. The summed E-state index contributed by atoms with van der Waals surface area (Å²) in [4.78, 5) is 4.28. The highest BCUT2D eigenvalue weighted by atomic mass is 35.5. The van der Waals surface area contributed by atoms with Crippen LogP contribution >= 0.6 is 11.6 Å². The lowest BCUT2D eigenvalue weighted by atomic mass is 10.0. The van der Waals surface area contributed by atoms with E-state index in [4.69, 9.17) is 17.4 Å². The molecule has 1 unspecified atom stereocenters. The van der Waals surface area contributed by atoms with Crippen molar-refractivity contribution in [3.63, 3.8) is 0 Å². The summed E-state index contributed by atoms with van der Waals surface area (Å²) in [7, 11) is 0. The smallest absolute Gasteiger partial charge is 0.227 e. The van der Waals surface area contributed by atoms with Crippen molar-refractivity contribution < 1.29 is 0 Å². The number of aliphatic imine (C=N–C) groups is 1. The highest BCUT2D eigenvalue weighted by Crippen LogP contribution is 2.15. The van der Waals surface area contributed by atoms with E-state index in [-0.39, 0.29) is 6.04 Å². The first-order valence-corrected chi connectivity index (χ1v) is 5.22. The molecule has 5 nitrogen and oxygen atoms in total. The molecule has 0 saturated carbocycles. The van der Waals surface area contributed by atoms with Crippen molar-refractivity contribution in [1.82, 2.24) is 10.9 Å². The maximum atomic E-state index is 5.92. The number of hydrogen-bond acceptors (Lipinski definition) is 5. The Morgan fingerprint density at radius 2 is 2.31 bits per heavy atom. The highest BCUT2D eigenvalue weighted by Gasteiger charge is 2.17. The lowest BCUT2D eigenvalue weighted by Crippen LogP contribution is -2.44. The molecular weight excluding hydrogens is 226 g/mol. The molecule has 1 heterocycles. The van der Waals surface area contributed by atoms with Crippen LogP contribution in [0.25, 0.3) is 0 Å². The molecule has 1 aliphatic heterocycles. The van der Waals surface area contributed by atoms with Crippen LogP contribution in [-0.2, 0) is 0 Å². The Morgan fingerprint density at radius 1 is 1.50 bits per heavy atom. The van der Waals surface area contributed by atoms with Gasteiger partial charge in [0.25, 0.3) is 0 Å². The molecular formula is C10H12ClN5. The zero-order chi connectivity index (χ0) is 11.5.